The van der Waals surface area contributed by atoms with E-state index in [1.165, 1.54) is 0 Å². The Morgan fingerprint density at radius 3 is 2.60 bits per heavy atom. The molecule has 1 aromatic carbocycles. The van der Waals surface area contributed by atoms with E-state index < -0.39 is 24.2 Å². The Morgan fingerprint density at radius 2 is 2.10 bits per heavy atom. The van der Waals surface area contributed by atoms with Crippen LogP contribution in [0.1, 0.15) is 23.6 Å². The molecule has 2 rings (SSSR count). The molecule has 1 aliphatic heterocycles. The van der Waals surface area contributed by atoms with E-state index in [1.807, 2.05) is 6.92 Å². The summed E-state index contributed by atoms with van der Waals surface area (Å²) in [5.41, 5.74) is 2.36. The molecule has 0 fully saturated rings. The minimum absolute atomic E-state index is 0.138. The van der Waals surface area contributed by atoms with Crippen molar-refractivity contribution in [2.45, 2.75) is 39.0 Å². The SMILES string of the molecule is CCc1cc2c(cc1C)OC(C(F)(F)F)C(C(=O)O)C2. The molecule has 0 spiro atoms. The van der Waals surface area contributed by atoms with Crippen molar-refractivity contribution in [2.75, 3.05) is 0 Å². The fourth-order valence-corrected chi connectivity index (χ4v) is 2.50. The second-order valence-corrected chi connectivity index (χ2v) is 4.97. The third-order valence-corrected chi connectivity index (χ3v) is 3.60. The minimum atomic E-state index is -4.70. The van der Waals surface area contributed by atoms with Gasteiger partial charge in [-0.1, -0.05) is 13.0 Å². The number of carboxylic acids is 1. The molecule has 1 N–H and O–H groups in total. The predicted molar refractivity (Wildman–Crippen MR) is 65.9 cm³/mol. The number of fused-ring (bicyclic) bond motifs is 1. The number of aryl methyl sites for hydroxylation is 2. The largest absolute Gasteiger partial charge is 0.481 e. The number of hydrogen-bond donors (Lipinski definition) is 1. The normalized spacial score (nSPS) is 22.1. The van der Waals surface area contributed by atoms with Crippen LogP contribution in [-0.2, 0) is 17.6 Å². The summed E-state index contributed by atoms with van der Waals surface area (Å²) in [5.74, 6) is -2.95. The molecule has 0 radical (unpaired) electrons. The Balaban J connectivity index is 2.45. The maximum absolute atomic E-state index is 12.9. The van der Waals surface area contributed by atoms with Crippen LogP contribution in [-0.4, -0.2) is 23.4 Å². The summed E-state index contributed by atoms with van der Waals surface area (Å²) in [4.78, 5) is 11.1. The molecule has 20 heavy (non-hydrogen) atoms. The Bertz CT molecular complexity index is 537. The van der Waals surface area contributed by atoms with Crippen molar-refractivity contribution in [1.29, 1.82) is 0 Å². The second kappa shape index (κ2) is 5.00. The van der Waals surface area contributed by atoms with Crippen molar-refractivity contribution < 1.29 is 27.8 Å². The molecule has 2 unspecified atom stereocenters. The summed E-state index contributed by atoms with van der Waals surface area (Å²) in [6.45, 7) is 3.74. The van der Waals surface area contributed by atoms with Crippen LogP contribution in [0.2, 0.25) is 0 Å². The number of alkyl halides is 3. The first-order chi connectivity index (χ1) is 9.24. The molecule has 0 saturated heterocycles. The molecule has 6 heteroatoms. The minimum Gasteiger partial charge on any atom is -0.481 e. The zero-order valence-electron chi connectivity index (χ0n) is 11.1. The lowest BCUT2D eigenvalue weighted by atomic mass is 9.88. The molecule has 2 atom stereocenters. The Hall–Kier alpha value is -1.72. The quantitative estimate of drug-likeness (QED) is 0.909. The molecule has 0 saturated carbocycles. The average molecular weight is 288 g/mol. The zero-order chi connectivity index (χ0) is 15.1. The van der Waals surface area contributed by atoms with Gasteiger partial charge in [0.2, 0.25) is 6.10 Å². The number of benzene rings is 1. The predicted octanol–water partition coefficient (Wildman–Crippen LogP) is 3.12. The van der Waals surface area contributed by atoms with Gasteiger partial charge in [0.25, 0.3) is 0 Å². The van der Waals surface area contributed by atoms with Gasteiger partial charge in [-0.2, -0.15) is 13.2 Å². The first-order valence-electron chi connectivity index (χ1n) is 6.32. The monoisotopic (exact) mass is 288 g/mol. The fourth-order valence-electron chi connectivity index (χ4n) is 2.50. The number of hydrogen-bond acceptors (Lipinski definition) is 2. The summed E-state index contributed by atoms with van der Waals surface area (Å²) in [7, 11) is 0. The van der Waals surface area contributed by atoms with Gasteiger partial charge in [-0.15, -0.1) is 0 Å². The molecule has 1 heterocycles. The highest BCUT2D eigenvalue weighted by Crippen LogP contribution is 2.39. The summed E-state index contributed by atoms with van der Waals surface area (Å²) < 4.78 is 43.7. The number of aliphatic carboxylic acids is 1. The molecule has 3 nitrogen and oxygen atoms in total. The fraction of sp³-hybridized carbons (Fsp3) is 0.500. The third-order valence-electron chi connectivity index (χ3n) is 3.60. The van der Waals surface area contributed by atoms with Crippen molar-refractivity contribution in [3.8, 4) is 5.75 Å². The second-order valence-electron chi connectivity index (χ2n) is 4.97. The highest BCUT2D eigenvalue weighted by atomic mass is 19.4. The van der Waals surface area contributed by atoms with Crippen LogP contribution >= 0.6 is 0 Å². The lowest BCUT2D eigenvalue weighted by molar-refractivity contribution is -0.217. The highest BCUT2D eigenvalue weighted by molar-refractivity contribution is 5.72. The summed E-state index contributed by atoms with van der Waals surface area (Å²) in [6.07, 6.45) is -6.42. The average Bonchev–Trinajstić information content (AvgIpc) is 2.35. The topological polar surface area (TPSA) is 46.5 Å². The van der Waals surface area contributed by atoms with Gasteiger partial charge >= 0.3 is 12.1 Å². The van der Waals surface area contributed by atoms with E-state index in [1.54, 1.807) is 19.1 Å². The maximum Gasteiger partial charge on any atom is 0.426 e. The van der Waals surface area contributed by atoms with Crippen molar-refractivity contribution in [2.24, 2.45) is 5.92 Å². The molecule has 0 aromatic heterocycles. The highest BCUT2D eigenvalue weighted by Gasteiger charge is 2.52. The van der Waals surface area contributed by atoms with Crippen LogP contribution in [0.3, 0.4) is 0 Å². The van der Waals surface area contributed by atoms with Crippen molar-refractivity contribution >= 4 is 5.97 Å². The van der Waals surface area contributed by atoms with Gasteiger partial charge in [0.05, 0.1) is 0 Å². The molecule has 1 aliphatic rings. The molecule has 0 aliphatic carbocycles. The Morgan fingerprint density at radius 1 is 1.45 bits per heavy atom. The van der Waals surface area contributed by atoms with Crippen molar-refractivity contribution in [3.05, 3.63) is 28.8 Å². The van der Waals surface area contributed by atoms with Gasteiger partial charge in [-0.05, 0) is 42.5 Å². The van der Waals surface area contributed by atoms with Gasteiger partial charge in [0.1, 0.15) is 11.7 Å². The first-order valence-corrected chi connectivity index (χ1v) is 6.32. The van der Waals surface area contributed by atoms with E-state index >= 15 is 0 Å². The van der Waals surface area contributed by atoms with Gasteiger partial charge in [0, 0.05) is 0 Å². The van der Waals surface area contributed by atoms with E-state index in [-0.39, 0.29) is 12.2 Å². The first kappa shape index (κ1) is 14.7. The van der Waals surface area contributed by atoms with Gasteiger partial charge in [-0.25, -0.2) is 0 Å². The Labute approximate surface area is 114 Å². The van der Waals surface area contributed by atoms with Crippen molar-refractivity contribution in [1.82, 2.24) is 0 Å². The van der Waals surface area contributed by atoms with E-state index in [9.17, 15) is 18.0 Å². The van der Waals surface area contributed by atoms with Crippen molar-refractivity contribution in [3.63, 3.8) is 0 Å². The van der Waals surface area contributed by atoms with Gasteiger partial charge in [0.15, 0.2) is 0 Å². The van der Waals surface area contributed by atoms with E-state index in [0.717, 1.165) is 17.5 Å². The van der Waals surface area contributed by atoms with Gasteiger partial charge < -0.3 is 9.84 Å². The van der Waals surface area contributed by atoms with Crippen LogP contribution in [0.25, 0.3) is 0 Å². The smallest absolute Gasteiger partial charge is 0.426 e. The van der Waals surface area contributed by atoms with Crippen LogP contribution in [0.4, 0.5) is 13.2 Å². The van der Waals surface area contributed by atoms with Crippen LogP contribution in [0, 0.1) is 12.8 Å². The molecular weight excluding hydrogens is 273 g/mol. The lowest BCUT2D eigenvalue weighted by Gasteiger charge is -2.33. The van der Waals surface area contributed by atoms with Crippen LogP contribution < -0.4 is 4.74 Å². The third kappa shape index (κ3) is 2.59. The van der Waals surface area contributed by atoms with Gasteiger partial charge in [-0.3, -0.25) is 4.79 Å². The molecule has 110 valence electrons. The lowest BCUT2D eigenvalue weighted by Crippen LogP contribution is -2.47. The zero-order valence-corrected chi connectivity index (χ0v) is 11.1. The molecule has 0 amide bonds. The van der Waals surface area contributed by atoms with E-state index in [2.05, 4.69) is 0 Å². The van der Waals surface area contributed by atoms with Crippen LogP contribution in [0.5, 0.6) is 5.75 Å². The number of carbonyl (C=O) groups is 1. The summed E-state index contributed by atoms with van der Waals surface area (Å²) in [5, 5.41) is 9.00. The summed E-state index contributed by atoms with van der Waals surface area (Å²) >= 11 is 0. The maximum atomic E-state index is 12.9. The van der Waals surface area contributed by atoms with Crippen LogP contribution in [0.15, 0.2) is 12.1 Å². The van der Waals surface area contributed by atoms with E-state index in [4.69, 9.17) is 9.84 Å². The molecular formula is C14H15F3O3. The molecule has 1 aromatic rings. The van der Waals surface area contributed by atoms with E-state index in [0.29, 0.717) is 5.56 Å². The number of halogens is 3. The number of rotatable bonds is 2. The standard InChI is InChI=1S/C14H15F3O3/c1-3-8-5-9-6-10(13(18)19)12(14(15,16)17)20-11(9)4-7(8)2/h4-5,10,12H,3,6H2,1-2H3,(H,18,19). The summed E-state index contributed by atoms with van der Waals surface area (Å²) in [6, 6.07) is 3.30. The molecule has 0 bridgehead atoms. The Kier molecular flexibility index (Phi) is 3.67. The number of ether oxygens (including phenoxy) is 1. The number of carboxylic acid groups (broad SMARTS) is 1.